The van der Waals surface area contributed by atoms with E-state index in [1.165, 1.54) is 12.6 Å². The SMILES string of the molecule is CN.O=C(O)C1CN(CCNCc2ccccc2)CC1CCCB(O)O. The Kier molecular flexibility index (Phi) is 11.2. The van der Waals surface area contributed by atoms with Crippen LogP contribution in [0.3, 0.4) is 0 Å². The summed E-state index contributed by atoms with van der Waals surface area (Å²) in [5.41, 5.74) is 5.74. The lowest BCUT2D eigenvalue weighted by Crippen LogP contribution is -2.31. The van der Waals surface area contributed by atoms with Gasteiger partial charge in [0, 0.05) is 32.7 Å². The molecule has 0 amide bonds. The molecule has 1 aromatic rings. The molecule has 26 heavy (non-hydrogen) atoms. The fourth-order valence-electron chi connectivity index (χ4n) is 3.34. The van der Waals surface area contributed by atoms with Crippen LogP contribution in [0, 0.1) is 11.8 Å². The van der Waals surface area contributed by atoms with Crippen LogP contribution < -0.4 is 11.1 Å². The van der Waals surface area contributed by atoms with Crippen molar-refractivity contribution in [2.75, 3.05) is 33.2 Å². The number of carboxylic acid groups (broad SMARTS) is 1. The molecular formula is C18H32BN3O4. The van der Waals surface area contributed by atoms with Crippen LogP contribution in [0.1, 0.15) is 18.4 Å². The van der Waals surface area contributed by atoms with E-state index in [1.807, 2.05) is 18.2 Å². The van der Waals surface area contributed by atoms with E-state index < -0.39 is 13.1 Å². The van der Waals surface area contributed by atoms with Crippen molar-refractivity contribution in [2.24, 2.45) is 17.6 Å². The first kappa shape index (κ1) is 22.6. The van der Waals surface area contributed by atoms with E-state index in [9.17, 15) is 9.90 Å². The van der Waals surface area contributed by atoms with Gasteiger partial charge in [-0.15, -0.1) is 0 Å². The van der Waals surface area contributed by atoms with E-state index in [-0.39, 0.29) is 11.8 Å². The van der Waals surface area contributed by atoms with Gasteiger partial charge in [-0.3, -0.25) is 4.79 Å². The van der Waals surface area contributed by atoms with Crippen molar-refractivity contribution < 1.29 is 19.9 Å². The van der Waals surface area contributed by atoms with E-state index in [0.29, 0.717) is 19.3 Å². The normalized spacial score (nSPS) is 19.7. The highest BCUT2D eigenvalue weighted by Gasteiger charge is 2.36. The summed E-state index contributed by atoms with van der Waals surface area (Å²) in [7, 11) is 0.202. The van der Waals surface area contributed by atoms with Gasteiger partial charge >= 0.3 is 13.1 Å². The molecule has 2 atom stereocenters. The van der Waals surface area contributed by atoms with E-state index in [1.54, 1.807) is 0 Å². The number of nitrogens with one attached hydrogen (secondary N) is 1. The van der Waals surface area contributed by atoms with Crippen molar-refractivity contribution >= 4 is 13.1 Å². The van der Waals surface area contributed by atoms with E-state index in [2.05, 4.69) is 28.1 Å². The van der Waals surface area contributed by atoms with Gasteiger partial charge in [0.15, 0.2) is 0 Å². The van der Waals surface area contributed by atoms with Crippen LogP contribution in [0.2, 0.25) is 6.32 Å². The maximum atomic E-state index is 11.4. The summed E-state index contributed by atoms with van der Waals surface area (Å²) in [6.45, 7) is 3.81. The Labute approximate surface area is 156 Å². The number of rotatable bonds is 10. The van der Waals surface area contributed by atoms with E-state index in [4.69, 9.17) is 10.0 Å². The Balaban J connectivity index is 0.00000163. The Morgan fingerprint density at radius 2 is 1.96 bits per heavy atom. The summed E-state index contributed by atoms with van der Waals surface area (Å²) in [4.78, 5) is 13.6. The molecule has 146 valence electrons. The molecule has 0 bridgehead atoms. The van der Waals surface area contributed by atoms with Gasteiger partial charge in [-0.05, 0) is 31.3 Å². The van der Waals surface area contributed by atoms with E-state index >= 15 is 0 Å². The second kappa shape index (κ2) is 12.8. The van der Waals surface area contributed by atoms with Gasteiger partial charge in [0.1, 0.15) is 0 Å². The minimum atomic E-state index is -1.30. The number of hydrogen-bond donors (Lipinski definition) is 5. The fourth-order valence-corrected chi connectivity index (χ4v) is 3.34. The number of carboxylic acids is 1. The van der Waals surface area contributed by atoms with Crippen LogP contribution in [-0.2, 0) is 11.3 Å². The van der Waals surface area contributed by atoms with E-state index in [0.717, 1.165) is 32.6 Å². The first-order chi connectivity index (χ1) is 12.6. The molecule has 6 N–H and O–H groups in total. The predicted molar refractivity (Wildman–Crippen MR) is 104 cm³/mol. The molecule has 0 spiro atoms. The number of likely N-dealkylation sites (tertiary alicyclic amines) is 1. The molecule has 2 unspecified atom stereocenters. The van der Waals surface area contributed by atoms with Crippen molar-refractivity contribution in [1.82, 2.24) is 10.2 Å². The molecular weight excluding hydrogens is 333 g/mol. The number of aliphatic carboxylic acids is 1. The lowest BCUT2D eigenvalue weighted by Gasteiger charge is -2.16. The van der Waals surface area contributed by atoms with Crippen LogP contribution in [0.4, 0.5) is 0 Å². The number of nitrogens with zero attached hydrogens (tertiary/aromatic N) is 1. The Hall–Kier alpha value is -1.45. The summed E-state index contributed by atoms with van der Waals surface area (Å²) in [6.07, 6.45) is 1.68. The van der Waals surface area contributed by atoms with Crippen LogP contribution in [-0.4, -0.2) is 66.4 Å². The highest BCUT2D eigenvalue weighted by Crippen LogP contribution is 2.28. The molecule has 0 saturated carbocycles. The maximum absolute atomic E-state index is 11.4. The lowest BCUT2D eigenvalue weighted by atomic mass is 9.80. The molecule has 0 aliphatic carbocycles. The molecule has 2 rings (SSSR count). The third-order valence-corrected chi connectivity index (χ3v) is 4.65. The molecule has 1 aliphatic rings. The van der Waals surface area contributed by atoms with Crippen molar-refractivity contribution in [1.29, 1.82) is 0 Å². The summed E-state index contributed by atoms with van der Waals surface area (Å²) < 4.78 is 0. The summed E-state index contributed by atoms with van der Waals surface area (Å²) >= 11 is 0. The fraction of sp³-hybridized carbons (Fsp3) is 0.611. The zero-order valence-electron chi connectivity index (χ0n) is 15.6. The summed E-state index contributed by atoms with van der Waals surface area (Å²) in [6, 6.07) is 10.2. The first-order valence-electron chi connectivity index (χ1n) is 9.20. The first-order valence-corrected chi connectivity index (χ1v) is 9.20. The summed E-state index contributed by atoms with van der Waals surface area (Å²) in [5, 5.41) is 30.6. The van der Waals surface area contributed by atoms with Crippen molar-refractivity contribution in [2.45, 2.75) is 25.7 Å². The monoisotopic (exact) mass is 365 g/mol. The number of nitrogens with two attached hydrogens (primary N) is 1. The van der Waals surface area contributed by atoms with Gasteiger partial charge in [0.2, 0.25) is 0 Å². The zero-order chi connectivity index (χ0) is 19.4. The second-order valence-corrected chi connectivity index (χ2v) is 6.54. The topological polar surface area (TPSA) is 119 Å². The Morgan fingerprint density at radius 3 is 2.58 bits per heavy atom. The minimum absolute atomic E-state index is 0.0929. The highest BCUT2D eigenvalue weighted by atomic mass is 16.4. The van der Waals surface area contributed by atoms with Gasteiger partial charge in [-0.25, -0.2) is 0 Å². The van der Waals surface area contributed by atoms with Crippen molar-refractivity contribution in [3.63, 3.8) is 0 Å². The van der Waals surface area contributed by atoms with Crippen LogP contribution >= 0.6 is 0 Å². The molecule has 0 aromatic heterocycles. The smallest absolute Gasteiger partial charge is 0.451 e. The van der Waals surface area contributed by atoms with Gasteiger partial charge < -0.3 is 31.1 Å². The molecule has 1 fully saturated rings. The maximum Gasteiger partial charge on any atom is 0.451 e. The standard InChI is InChI=1S/C17H27BN2O4.CH5N/c21-17(22)16-13-20(12-15(16)7-4-8-18(23)24)10-9-19-11-14-5-2-1-3-6-14;1-2/h1-3,5-6,15-16,19,23-24H,4,7-13H2,(H,21,22);2H2,1H3. The second-order valence-electron chi connectivity index (χ2n) is 6.54. The average molecular weight is 365 g/mol. The largest absolute Gasteiger partial charge is 0.481 e. The zero-order valence-corrected chi connectivity index (χ0v) is 15.6. The van der Waals surface area contributed by atoms with Gasteiger partial charge in [0.05, 0.1) is 5.92 Å². The highest BCUT2D eigenvalue weighted by molar-refractivity contribution is 6.40. The molecule has 1 heterocycles. The minimum Gasteiger partial charge on any atom is -0.481 e. The number of hydrogen-bond acceptors (Lipinski definition) is 6. The van der Waals surface area contributed by atoms with Crippen molar-refractivity contribution in [3.05, 3.63) is 35.9 Å². The number of benzene rings is 1. The third kappa shape index (κ3) is 8.29. The molecule has 1 aliphatic heterocycles. The molecule has 1 aromatic carbocycles. The lowest BCUT2D eigenvalue weighted by molar-refractivity contribution is -0.142. The average Bonchev–Trinajstić information content (AvgIpc) is 3.04. The van der Waals surface area contributed by atoms with Crippen LogP contribution in [0.15, 0.2) is 30.3 Å². The van der Waals surface area contributed by atoms with Crippen molar-refractivity contribution in [3.8, 4) is 0 Å². The van der Waals surface area contributed by atoms with Gasteiger partial charge in [0.25, 0.3) is 0 Å². The predicted octanol–water partition coefficient (Wildman–Crippen LogP) is 0.237. The Morgan fingerprint density at radius 1 is 1.27 bits per heavy atom. The third-order valence-electron chi connectivity index (χ3n) is 4.65. The molecule has 8 heteroatoms. The van der Waals surface area contributed by atoms with Gasteiger partial charge in [-0.1, -0.05) is 36.8 Å². The van der Waals surface area contributed by atoms with Crippen LogP contribution in [0.25, 0.3) is 0 Å². The number of carbonyl (C=O) groups is 1. The molecule has 1 saturated heterocycles. The quantitative estimate of drug-likeness (QED) is 0.298. The molecule has 0 radical (unpaired) electrons. The molecule has 7 nitrogen and oxygen atoms in total. The van der Waals surface area contributed by atoms with Crippen LogP contribution in [0.5, 0.6) is 0 Å². The Bertz CT molecular complexity index is 504. The summed E-state index contributed by atoms with van der Waals surface area (Å²) in [5.74, 6) is -1.00. The van der Waals surface area contributed by atoms with Gasteiger partial charge in [-0.2, -0.15) is 0 Å².